The second kappa shape index (κ2) is 5.39. The lowest BCUT2D eigenvalue weighted by atomic mass is 10.2. The molecule has 90 valence electrons. The van der Waals surface area contributed by atoms with Crippen LogP contribution in [0.15, 0.2) is 22.7 Å². The maximum atomic E-state index is 11.4. The van der Waals surface area contributed by atoms with Crippen molar-refractivity contribution in [3.05, 3.63) is 38.3 Å². The lowest BCUT2D eigenvalue weighted by molar-refractivity contribution is -0.385. The molecule has 0 aromatic heterocycles. The van der Waals surface area contributed by atoms with Gasteiger partial charge in [0.25, 0.3) is 11.6 Å². The number of nitro benzene ring substituents is 1. The van der Waals surface area contributed by atoms with Gasteiger partial charge in [-0.1, -0.05) is 0 Å². The number of carbonyl (C=O) groups excluding carboxylic acids is 2. The second-order valence-corrected chi connectivity index (χ2v) is 3.82. The largest absolute Gasteiger partial charge is 0.452 e. The SMILES string of the molecule is NC(=O)COC(=O)c1ccc(Br)c([N+](=O)[O-])c1. The molecule has 1 aromatic carbocycles. The molecule has 0 aliphatic carbocycles. The highest BCUT2D eigenvalue weighted by Gasteiger charge is 2.17. The Kier molecular flexibility index (Phi) is 4.16. The van der Waals surface area contributed by atoms with Gasteiger partial charge in [0.2, 0.25) is 0 Å². The standard InChI is InChI=1S/C9H7BrN2O5/c10-6-2-1-5(3-7(6)12(15)16)9(14)17-4-8(11)13/h1-3H,4H2,(H2,11,13). The highest BCUT2D eigenvalue weighted by molar-refractivity contribution is 9.10. The number of halogens is 1. The summed E-state index contributed by atoms with van der Waals surface area (Å²) in [5.74, 6) is -1.65. The van der Waals surface area contributed by atoms with Crippen LogP contribution in [-0.2, 0) is 9.53 Å². The number of nitrogens with zero attached hydrogens (tertiary/aromatic N) is 1. The molecule has 0 fully saturated rings. The third-order valence-electron chi connectivity index (χ3n) is 1.72. The van der Waals surface area contributed by atoms with E-state index in [9.17, 15) is 19.7 Å². The van der Waals surface area contributed by atoms with Crippen LogP contribution in [0, 0.1) is 10.1 Å². The van der Waals surface area contributed by atoms with Gasteiger partial charge in [0.15, 0.2) is 6.61 Å². The van der Waals surface area contributed by atoms with E-state index in [1.54, 1.807) is 0 Å². The quantitative estimate of drug-likeness (QED) is 0.506. The Bertz CT molecular complexity index is 488. The van der Waals surface area contributed by atoms with Gasteiger partial charge in [-0.3, -0.25) is 14.9 Å². The van der Waals surface area contributed by atoms with Crippen LogP contribution in [0.3, 0.4) is 0 Å². The van der Waals surface area contributed by atoms with Gasteiger partial charge in [-0.2, -0.15) is 0 Å². The Hall–Kier alpha value is -1.96. The van der Waals surface area contributed by atoms with Gasteiger partial charge < -0.3 is 10.5 Å². The van der Waals surface area contributed by atoms with Crippen LogP contribution in [0.5, 0.6) is 0 Å². The zero-order chi connectivity index (χ0) is 13.0. The van der Waals surface area contributed by atoms with E-state index in [-0.39, 0.29) is 15.7 Å². The van der Waals surface area contributed by atoms with Gasteiger partial charge in [0.05, 0.1) is 15.0 Å². The van der Waals surface area contributed by atoms with Crippen LogP contribution in [0.4, 0.5) is 5.69 Å². The monoisotopic (exact) mass is 302 g/mol. The zero-order valence-electron chi connectivity index (χ0n) is 8.38. The molecule has 0 aliphatic rings. The Labute approximate surface area is 104 Å². The molecule has 1 rings (SSSR count). The molecule has 0 saturated heterocycles. The molecule has 0 spiro atoms. The summed E-state index contributed by atoms with van der Waals surface area (Å²) in [5.41, 5.74) is 4.50. The summed E-state index contributed by atoms with van der Waals surface area (Å²) in [4.78, 5) is 31.7. The molecule has 0 bridgehead atoms. The van der Waals surface area contributed by atoms with E-state index >= 15 is 0 Å². The number of primary amides is 1. The van der Waals surface area contributed by atoms with E-state index < -0.39 is 23.4 Å². The van der Waals surface area contributed by atoms with E-state index in [1.807, 2.05) is 0 Å². The van der Waals surface area contributed by atoms with Crippen molar-refractivity contribution in [3.63, 3.8) is 0 Å². The van der Waals surface area contributed by atoms with Crippen molar-refractivity contribution >= 4 is 33.5 Å². The first-order valence-corrected chi connectivity index (χ1v) is 5.10. The normalized spacial score (nSPS) is 9.71. The number of carbonyl (C=O) groups is 2. The number of ether oxygens (including phenoxy) is 1. The van der Waals surface area contributed by atoms with Gasteiger partial charge in [0, 0.05) is 6.07 Å². The molecule has 7 nitrogen and oxygen atoms in total. The third-order valence-corrected chi connectivity index (χ3v) is 2.39. The summed E-state index contributed by atoms with van der Waals surface area (Å²) >= 11 is 2.97. The molecule has 0 aliphatic heterocycles. The fourth-order valence-electron chi connectivity index (χ4n) is 1.000. The molecule has 0 heterocycles. The average Bonchev–Trinajstić information content (AvgIpc) is 2.26. The summed E-state index contributed by atoms with van der Waals surface area (Å²) in [6.45, 7) is -0.567. The molecular formula is C9H7BrN2O5. The summed E-state index contributed by atoms with van der Waals surface area (Å²) < 4.78 is 4.76. The molecule has 8 heteroatoms. The minimum absolute atomic E-state index is 0.0267. The summed E-state index contributed by atoms with van der Waals surface area (Å²) in [7, 11) is 0. The van der Waals surface area contributed by atoms with Crippen molar-refractivity contribution in [3.8, 4) is 0 Å². The number of nitrogens with two attached hydrogens (primary N) is 1. The Balaban J connectivity index is 2.92. The van der Waals surface area contributed by atoms with Crippen LogP contribution in [0.25, 0.3) is 0 Å². The van der Waals surface area contributed by atoms with E-state index in [0.29, 0.717) is 0 Å². The summed E-state index contributed by atoms with van der Waals surface area (Å²) in [5, 5.41) is 10.6. The molecule has 0 atom stereocenters. The van der Waals surface area contributed by atoms with Gasteiger partial charge >= 0.3 is 5.97 Å². The van der Waals surface area contributed by atoms with Gasteiger partial charge in [0.1, 0.15) is 0 Å². The number of hydrogen-bond donors (Lipinski definition) is 1. The fraction of sp³-hybridized carbons (Fsp3) is 0.111. The van der Waals surface area contributed by atoms with Gasteiger partial charge in [-0.05, 0) is 28.1 Å². The lowest BCUT2D eigenvalue weighted by Gasteiger charge is -2.02. The molecular weight excluding hydrogens is 296 g/mol. The summed E-state index contributed by atoms with van der Waals surface area (Å²) in [6.07, 6.45) is 0. The van der Waals surface area contributed by atoms with Crippen molar-refractivity contribution in [2.24, 2.45) is 5.73 Å². The van der Waals surface area contributed by atoms with Crippen molar-refractivity contribution in [2.75, 3.05) is 6.61 Å². The van der Waals surface area contributed by atoms with E-state index in [1.165, 1.54) is 12.1 Å². The topological polar surface area (TPSA) is 113 Å². The minimum atomic E-state index is -0.848. The first kappa shape index (κ1) is 13.1. The molecule has 2 N–H and O–H groups in total. The molecule has 17 heavy (non-hydrogen) atoms. The third kappa shape index (κ3) is 3.52. The average molecular weight is 303 g/mol. The predicted molar refractivity (Wildman–Crippen MR) is 60.3 cm³/mol. The lowest BCUT2D eigenvalue weighted by Crippen LogP contribution is -2.20. The number of esters is 1. The van der Waals surface area contributed by atoms with Crippen LogP contribution < -0.4 is 5.73 Å². The number of amides is 1. The van der Waals surface area contributed by atoms with Crippen LogP contribution in [0.1, 0.15) is 10.4 Å². The van der Waals surface area contributed by atoms with Crippen molar-refractivity contribution in [2.45, 2.75) is 0 Å². The first-order valence-electron chi connectivity index (χ1n) is 4.31. The zero-order valence-corrected chi connectivity index (χ0v) is 9.97. The molecule has 0 saturated carbocycles. The van der Waals surface area contributed by atoms with E-state index in [2.05, 4.69) is 20.7 Å². The van der Waals surface area contributed by atoms with Gasteiger partial charge in [-0.25, -0.2) is 4.79 Å². The van der Waals surface area contributed by atoms with Crippen molar-refractivity contribution in [1.29, 1.82) is 0 Å². The maximum Gasteiger partial charge on any atom is 0.338 e. The predicted octanol–water partition coefficient (Wildman–Crippen LogP) is 0.999. The Morgan fingerprint density at radius 2 is 2.12 bits per heavy atom. The maximum absolute atomic E-state index is 11.4. The molecule has 1 aromatic rings. The smallest absolute Gasteiger partial charge is 0.338 e. The minimum Gasteiger partial charge on any atom is -0.452 e. The van der Waals surface area contributed by atoms with Gasteiger partial charge in [-0.15, -0.1) is 0 Å². The fourth-order valence-corrected chi connectivity index (χ4v) is 1.39. The van der Waals surface area contributed by atoms with E-state index in [0.717, 1.165) is 6.07 Å². The molecule has 0 radical (unpaired) electrons. The van der Waals surface area contributed by atoms with Crippen LogP contribution in [-0.4, -0.2) is 23.4 Å². The van der Waals surface area contributed by atoms with Crippen molar-refractivity contribution in [1.82, 2.24) is 0 Å². The number of hydrogen-bond acceptors (Lipinski definition) is 5. The number of benzene rings is 1. The highest BCUT2D eigenvalue weighted by Crippen LogP contribution is 2.25. The highest BCUT2D eigenvalue weighted by atomic mass is 79.9. The first-order chi connectivity index (χ1) is 7.91. The molecule has 1 amide bonds. The van der Waals surface area contributed by atoms with Crippen LogP contribution in [0.2, 0.25) is 0 Å². The Morgan fingerprint density at radius 3 is 2.65 bits per heavy atom. The molecule has 0 unspecified atom stereocenters. The number of rotatable bonds is 4. The van der Waals surface area contributed by atoms with E-state index in [4.69, 9.17) is 5.73 Å². The Morgan fingerprint density at radius 1 is 1.47 bits per heavy atom. The summed E-state index contributed by atoms with van der Waals surface area (Å²) in [6, 6.07) is 3.73. The van der Waals surface area contributed by atoms with Crippen LogP contribution >= 0.6 is 15.9 Å². The van der Waals surface area contributed by atoms with Crippen molar-refractivity contribution < 1.29 is 19.2 Å². The number of nitro groups is 1. The second-order valence-electron chi connectivity index (χ2n) is 2.97.